The van der Waals surface area contributed by atoms with Crippen LogP contribution >= 0.6 is 11.8 Å². The van der Waals surface area contributed by atoms with Gasteiger partial charge in [-0.3, -0.25) is 5.10 Å². The monoisotopic (exact) mass is 168 g/mol. The molecular weight excluding hydrogens is 160 g/mol. The molecule has 1 atom stereocenters. The van der Waals surface area contributed by atoms with Gasteiger partial charge in [0.05, 0.1) is 6.20 Å². The van der Waals surface area contributed by atoms with E-state index in [1.165, 1.54) is 0 Å². The summed E-state index contributed by atoms with van der Waals surface area (Å²) in [6.45, 7) is 0. The number of nitrogens with one attached hydrogen (secondary N) is 2. The van der Waals surface area contributed by atoms with Crippen molar-refractivity contribution in [1.82, 2.24) is 15.5 Å². The fourth-order valence-corrected chi connectivity index (χ4v) is 1.77. The van der Waals surface area contributed by atoms with Crippen LogP contribution in [-0.4, -0.2) is 10.2 Å². The Hall–Kier alpha value is -1.10. The Morgan fingerprint density at radius 2 is 2.55 bits per heavy atom. The molecule has 4 N–H and O–H groups in total. The number of hydrogen-bond acceptors (Lipinski definition) is 4. The SMILES string of the molecule is NC1=CSC(c2cn[nH]c2)N1. The summed E-state index contributed by atoms with van der Waals surface area (Å²) in [5.41, 5.74) is 6.65. The van der Waals surface area contributed by atoms with E-state index in [9.17, 15) is 0 Å². The first-order valence-electron chi connectivity index (χ1n) is 3.22. The molecule has 0 fully saturated rings. The molecule has 58 valence electrons. The van der Waals surface area contributed by atoms with Crippen molar-refractivity contribution in [2.75, 3.05) is 0 Å². The molecule has 2 rings (SSSR count). The highest BCUT2D eigenvalue weighted by atomic mass is 32.2. The molecule has 0 amide bonds. The molecule has 0 aromatic carbocycles. The Morgan fingerprint density at radius 1 is 1.64 bits per heavy atom. The number of aromatic amines is 1. The first-order valence-corrected chi connectivity index (χ1v) is 4.17. The molecule has 0 saturated carbocycles. The average molecular weight is 168 g/mol. The number of nitrogens with two attached hydrogens (primary N) is 1. The van der Waals surface area contributed by atoms with Crippen molar-refractivity contribution in [2.24, 2.45) is 5.73 Å². The van der Waals surface area contributed by atoms with Crippen LogP contribution in [0.1, 0.15) is 10.9 Å². The standard InChI is InChI=1S/C6H8N4S/c7-5-3-11-6(10-5)4-1-8-9-2-4/h1-3,6,10H,7H2,(H,8,9). The third kappa shape index (κ3) is 1.19. The molecule has 1 unspecified atom stereocenters. The van der Waals surface area contributed by atoms with Crippen molar-refractivity contribution < 1.29 is 0 Å². The van der Waals surface area contributed by atoms with E-state index in [1.54, 1.807) is 18.0 Å². The molecule has 5 heteroatoms. The van der Waals surface area contributed by atoms with E-state index in [0.29, 0.717) is 0 Å². The van der Waals surface area contributed by atoms with E-state index < -0.39 is 0 Å². The number of rotatable bonds is 1. The molecule has 0 aliphatic carbocycles. The van der Waals surface area contributed by atoms with E-state index in [2.05, 4.69) is 15.5 Å². The molecule has 0 bridgehead atoms. The van der Waals surface area contributed by atoms with Crippen LogP contribution in [0.4, 0.5) is 0 Å². The molecule has 0 radical (unpaired) electrons. The summed E-state index contributed by atoms with van der Waals surface area (Å²) < 4.78 is 0. The van der Waals surface area contributed by atoms with Crippen molar-refractivity contribution in [3.8, 4) is 0 Å². The van der Waals surface area contributed by atoms with Crippen LogP contribution in [0, 0.1) is 0 Å². The molecule has 11 heavy (non-hydrogen) atoms. The fraction of sp³-hybridized carbons (Fsp3) is 0.167. The van der Waals surface area contributed by atoms with Gasteiger partial charge in [-0.25, -0.2) is 0 Å². The maximum Gasteiger partial charge on any atom is 0.106 e. The van der Waals surface area contributed by atoms with Gasteiger partial charge in [0.25, 0.3) is 0 Å². The zero-order valence-electron chi connectivity index (χ0n) is 5.74. The number of thioether (sulfide) groups is 1. The second kappa shape index (κ2) is 2.50. The van der Waals surface area contributed by atoms with Crippen LogP contribution in [0.3, 0.4) is 0 Å². The lowest BCUT2D eigenvalue weighted by Crippen LogP contribution is -2.17. The second-order valence-electron chi connectivity index (χ2n) is 2.27. The van der Waals surface area contributed by atoms with Gasteiger partial charge >= 0.3 is 0 Å². The lowest BCUT2D eigenvalue weighted by Gasteiger charge is -2.07. The van der Waals surface area contributed by atoms with Crippen LogP contribution in [0.2, 0.25) is 0 Å². The lowest BCUT2D eigenvalue weighted by atomic mass is 10.3. The molecule has 0 saturated heterocycles. The van der Waals surface area contributed by atoms with Crippen LogP contribution in [0.25, 0.3) is 0 Å². The van der Waals surface area contributed by atoms with Crippen LogP contribution in [-0.2, 0) is 0 Å². The summed E-state index contributed by atoms with van der Waals surface area (Å²) in [5, 5.41) is 11.8. The van der Waals surface area contributed by atoms with Crippen LogP contribution < -0.4 is 11.1 Å². The molecule has 0 spiro atoms. The molecular formula is C6H8N4S. The van der Waals surface area contributed by atoms with Crippen molar-refractivity contribution in [3.05, 3.63) is 29.2 Å². The Kier molecular flexibility index (Phi) is 1.50. The van der Waals surface area contributed by atoms with E-state index in [0.717, 1.165) is 11.4 Å². The van der Waals surface area contributed by atoms with Crippen molar-refractivity contribution >= 4 is 11.8 Å². The third-order valence-corrected chi connectivity index (χ3v) is 2.50. The summed E-state index contributed by atoms with van der Waals surface area (Å²) in [4.78, 5) is 0. The minimum absolute atomic E-state index is 0.230. The first-order chi connectivity index (χ1) is 5.36. The van der Waals surface area contributed by atoms with E-state index in [4.69, 9.17) is 5.73 Å². The number of nitrogens with zero attached hydrogens (tertiary/aromatic N) is 1. The van der Waals surface area contributed by atoms with Crippen molar-refractivity contribution in [1.29, 1.82) is 0 Å². The van der Waals surface area contributed by atoms with Crippen LogP contribution in [0.5, 0.6) is 0 Å². The van der Waals surface area contributed by atoms with Gasteiger partial charge < -0.3 is 11.1 Å². The van der Waals surface area contributed by atoms with Gasteiger partial charge in [0.15, 0.2) is 0 Å². The Bertz CT molecular complexity index is 266. The van der Waals surface area contributed by atoms with Gasteiger partial charge in [0, 0.05) is 17.2 Å². The zero-order chi connectivity index (χ0) is 7.68. The van der Waals surface area contributed by atoms with Gasteiger partial charge in [-0.15, -0.1) is 11.8 Å². The maximum absolute atomic E-state index is 5.53. The molecule has 1 aliphatic heterocycles. The molecule has 2 heterocycles. The average Bonchev–Trinajstić information content (AvgIpc) is 2.55. The summed E-state index contributed by atoms with van der Waals surface area (Å²) in [6, 6.07) is 0. The Labute approximate surface area is 68.2 Å². The second-order valence-corrected chi connectivity index (χ2v) is 3.24. The van der Waals surface area contributed by atoms with E-state index >= 15 is 0 Å². The predicted octanol–water partition coefficient (Wildman–Crippen LogP) is 0.502. The van der Waals surface area contributed by atoms with E-state index in [-0.39, 0.29) is 5.37 Å². The van der Waals surface area contributed by atoms with Crippen molar-refractivity contribution in [3.63, 3.8) is 0 Å². The van der Waals surface area contributed by atoms with Crippen LogP contribution in [0.15, 0.2) is 23.6 Å². The van der Waals surface area contributed by atoms with Gasteiger partial charge in [-0.2, -0.15) is 5.10 Å². The van der Waals surface area contributed by atoms with Gasteiger partial charge in [-0.05, 0) is 0 Å². The normalized spacial score (nSPS) is 22.9. The third-order valence-electron chi connectivity index (χ3n) is 1.45. The highest BCUT2D eigenvalue weighted by Gasteiger charge is 2.16. The highest BCUT2D eigenvalue weighted by Crippen LogP contribution is 2.31. The summed E-state index contributed by atoms with van der Waals surface area (Å²) in [5.74, 6) is 0.723. The summed E-state index contributed by atoms with van der Waals surface area (Å²) in [6.07, 6.45) is 3.65. The zero-order valence-corrected chi connectivity index (χ0v) is 6.56. The molecule has 4 nitrogen and oxygen atoms in total. The summed E-state index contributed by atoms with van der Waals surface area (Å²) >= 11 is 1.65. The molecule has 1 aromatic rings. The Balaban J connectivity index is 2.11. The number of H-pyrrole nitrogens is 1. The molecule has 1 aliphatic rings. The fourth-order valence-electron chi connectivity index (χ4n) is 0.927. The topological polar surface area (TPSA) is 66.7 Å². The maximum atomic E-state index is 5.53. The quantitative estimate of drug-likeness (QED) is 0.571. The largest absolute Gasteiger partial charge is 0.385 e. The van der Waals surface area contributed by atoms with Gasteiger partial charge in [0.2, 0.25) is 0 Å². The summed E-state index contributed by atoms with van der Waals surface area (Å²) in [7, 11) is 0. The smallest absolute Gasteiger partial charge is 0.106 e. The number of aromatic nitrogens is 2. The minimum atomic E-state index is 0.230. The predicted molar refractivity (Wildman–Crippen MR) is 44.3 cm³/mol. The van der Waals surface area contributed by atoms with E-state index in [1.807, 2.05) is 11.6 Å². The lowest BCUT2D eigenvalue weighted by molar-refractivity contribution is 0.800. The highest BCUT2D eigenvalue weighted by molar-refractivity contribution is 8.02. The van der Waals surface area contributed by atoms with Gasteiger partial charge in [-0.1, -0.05) is 0 Å². The Morgan fingerprint density at radius 3 is 3.09 bits per heavy atom. The number of hydrogen-bond donors (Lipinski definition) is 3. The van der Waals surface area contributed by atoms with Crippen molar-refractivity contribution in [2.45, 2.75) is 5.37 Å². The van der Waals surface area contributed by atoms with Gasteiger partial charge in [0.1, 0.15) is 11.2 Å². The minimum Gasteiger partial charge on any atom is -0.385 e. The first kappa shape index (κ1) is 6.60. The molecule has 1 aromatic heterocycles.